The number of nitrogens with zero attached hydrogens (tertiary/aromatic N) is 3. The van der Waals surface area contributed by atoms with Crippen LogP contribution >= 0.6 is 0 Å². The zero-order valence-corrected chi connectivity index (χ0v) is 19.7. The smallest absolute Gasteiger partial charge is 0.224 e. The van der Waals surface area contributed by atoms with E-state index in [1.807, 2.05) is 24.3 Å². The van der Waals surface area contributed by atoms with Gasteiger partial charge in [-0.3, -0.25) is 4.79 Å². The molecule has 4 atom stereocenters. The van der Waals surface area contributed by atoms with Gasteiger partial charge >= 0.3 is 0 Å². The van der Waals surface area contributed by atoms with Gasteiger partial charge in [-0.05, 0) is 68.1 Å². The number of benzene rings is 2. The maximum absolute atomic E-state index is 12.9. The molecule has 5 rings (SSSR count). The van der Waals surface area contributed by atoms with Crippen LogP contribution in [-0.4, -0.2) is 37.6 Å². The predicted molar refractivity (Wildman–Crippen MR) is 132 cm³/mol. The van der Waals surface area contributed by atoms with E-state index in [1.165, 1.54) is 24.1 Å². The fourth-order valence-electron chi connectivity index (χ4n) is 5.74. The molecule has 1 aliphatic carbocycles. The zero-order chi connectivity index (χ0) is 23.1. The number of fused-ring (bicyclic) bond motifs is 1. The second kappa shape index (κ2) is 8.72. The van der Waals surface area contributed by atoms with Gasteiger partial charge in [-0.2, -0.15) is 5.26 Å². The molecule has 1 saturated heterocycles. The van der Waals surface area contributed by atoms with Crippen LogP contribution in [0.5, 0.6) is 0 Å². The summed E-state index contributed by atoms with van der Waals surface area (Å²) >= 11 is 0. The van der Waals surface area contributed by atoms with Gasteiger partial charge in [0, 0.05) is 67.2 Å². The Bertz CT molecular complexity index is 1070. The van der Waals surface area contributed by atoms with Gasteiger partial charge in [0.1, 0.15) is 0 Å². The van der Waals surface area contributed by atoms with E-state index in [9.17, 15) is 4.79 Å². The largest absolute Gasteiger partial charge is 0.378 e. The summed E-state index contributed by atoms with van der Waals surface area (Å²) in [6.45, 7) is 9.14. The van der Waals surface area contributed by atoms with Gasteiger partial charge in [0.15, 0.2) is 0 Å². The third-order valence-electron chi connectivity index (χ3n) is 7.48. The quantitative estimate of drug-likeness (QED) is 0.738. The summed E-state index contributed by atoms with van der Waals surface area (Å²) in [4.78, 5) is 17.4. The minimum absolute atomic E-state index is 0.0921. The fourth-order valence-corrected chi connectivity index (χ4v) is 5.74. The van der Waals surface area contributed by atoms with E-state index in [1.54, 1.807) is 6.92 Å². The number of nitriles is 1. The highest BCUT2D eigenvalue weighted by atomic mass is 16.2. The van der Waals surface area contributed by atoms with Crippen LogP contribution in [0.3, 0.4) is 0 Å². The summed E-state index contributed by atoms with van der Waals surface area (Å²) in [5.41, 5.74) is 5.10. The third-order valence-corrected chi connectivity index (χ3v) is 7.48. The molecule has 3 aliphatic rings. The van der Waals surface area contributed by atoms with Crippen molar-refractivity contribution in [3.8, 4) is 6.07 Å². The number of rotatable bonds is 4. The van der Waals surface area contributed by atoms with E-state index in [-0.39, 0.29) is 23.9 Å². The summed E-state index contributed by atoms with van der Waals surface area (Å²) in [5.74, 6) is 0.957. The number of hydrogen-bond acceptors (Lipinski definition) is 5. The van der Waals surface area contributed by atoms with Gasteiger partial charge < -0.3 is 20.4 Å². The molecular weight excluding hydrogens is 410 g/mol. The van der Waals surface area contributed by atoms with Crippen molar-refractivity contribution in [2.75, 3.05) is 34.8 Å². The van der Waals surface area contributed by atoms with Gasteiger partial charge in [-0.25, -0.2) is 0 Å². The molecule has 6 heteroatoms. The molecule has 33 heavy (non-hydrogen) atoms. The monoisotopic (exact) mass is 443 g/mol. The second-order valence-corrected chi connectivity index (χ2v) is 9.93. The number of piperazine rings is 1. The Morgan fingerprint density at radius 1 is 1.15 bits per heavy atom. The molecule has 0 spiro atoms. The van der Waals surface area contributed by atoms with Crippen molar-refractivity contribution in [1.29, 1.82) is 5.26 Å². The van der Waals surface area contributed by atoms with E-state index in [2.05, 4.69) is 58.5 Å². The highest BCUT2D eigenvalue weighted by molar-refractivity contribution is 5.94. The first-order chi connectivity index (χ1) is 16.0. The molecule has 172 valence electrons. The number of hydrogen-bond donors (Lipinski definition) is 2. The van der Waals surface area contributed by atoms with Crippen molar-refractivity contribution in [2.24, 2.45) is 11.8 Å². The van der Waals surface area contributed by atoms with Crippen LogP contribution in [0.2, 0.25) is 0 Å². The van der Waals surface area contributed by atoms with Gasteiger partial charge in [0.25, 0.3) is 0 Å². The Kier molecular flexibility index (Phi) is 5.76. The van der Waals surface area contributed by atoms with Gasteiger partial charge in [0.2, 0.25) is 5.91 Å². The van der Waals surface area contributed by atoms with Crippen molar-refractivity contribution < 1.29 is 4.79 Å². The van der Waals surface area contributed by atoms with Crippen LogP contribution in [0, 0.1) is 23.2 Å². The van der Waals surface area contributed by atoms with Crippen molar-refractivity contribution in [3.63, 3.8) is 0 Å². The highest BCUT2D eigenvalue weighted by Crippen LogP contribution is 2.50. The Morgan fingerprint density at radius 3 is 2.55 bits per heavy atom. The summed E-state index contributed by atoms with van der Waals surface area (Å²) in [7, 11) is 0. The Hall–Kier alpha value is -3.04. The van der Waals surface area contributed by atoms with Crippen molar-refractivity contribution in [3.05, 3.63) is 53.6 Å². The Balaban J connectivity index is 1.56. The lowest BCUT2D eigenvalue weighted by Crippen LogP contribution is -2.51. The third kappa shape index (κ3) is 4.18. The lowest BCUT2D eigenvalue weighted by Gasteiger charge is -2.46. The molecule has 0 aromatic heterocycles. The number of amides is 1. The molecule has 1 unspecified atom stereocenters. The lowest BCUT2D eigenvalue weighted by atomic mass is 9.79. The van der Waals surface area contributed by atoms with Gasteiger partial charge in [-0.15, -0.1) is 0 Å². The molecule has 2 aliphatic heterocycles. The molecule has 1 amide bonds. The summed E-state index contributed by atoms with van der Waals surface area (Å²) in [5, 5.41) is 16.5. The lowest BCUT2D eigenvalue weighted by molar-refractivity contribution is -0.117. The van der Waals surface area contributed by atoms with Crippen molar-refractivity contribution in [1.82, 2.24) is 5.32 Å². The highest BCUT2D eigenvalue weighted by Gasteiger charge is 2.47. The number of carbonyl (C=O) groups is 1. The molecule has 1 saturated carbocycles. The Morgan fingerprint density at radius 2 is 1.91 bits per heavy atom. The van der Waals surface area contributed by atoms with Crippen molar-refractivity contribution >= 4 is 23.0 Å². The molecular formula is C27H33N5O. The SMILES string of the molecule is CC(=O)N1c2ccc(N3CCN[C@@H](C)C3)cc2[C@H](Nc2ccc(C#N)cc2)C(C)[C@@H]1C1CC1. The minimum atomic E-state index is 0.0921. The molecule has 6 nitrogen and oxygen atoms in total. The van der Waals surface area contributed by atoms with E-state index in [4.69, 9.17) is 5.26 Å². The van der Waals surface area contributed by atoms with Crippen LogP contribution in [0.25, 0.3) is 0 Å². The summed E-state index contributed by atoms with van der Waals surface area (Å²) < 4.78 is 0. The standard InChI is InChI=1S/C27H33N5O/c1-17-16-31(13-12-29-17)23-10-11-25-24(14-23)26(30-22-8-4-20(15-28)5-9-22)18(2)27(21-6-7-21)32(25)19(3)33/h4-5,8-11,14,17-18,21,26-27,29-30H,6-7,12-13,16H2,1-3H3/t17-,18?,26+,27+/m0/s1. The number of anilines is 3. The normalized spacial score (nSPS) is 27.0. The molecule has 0 bridgehead atoms. The average Bonchev–Trinajstić information content (AvgIpc) is 3.65. The molecule has 2 fully saturated rings. The van der Waals surface area contributed by atoms with Crippen LogP contribution in [0.4, 0.5) is 17.1 Å². The first-order valence-corrected chi connectivity index (χ1v) is 12.1. The maximum Gasteiger partial charge on any atom is 0.224 e. The average molecular weight is 444 g/mol. The Labute approximate surface area is 196 Å². The van der Waals surface area contributed by atoms with Crippen LogP contribution in [0.15, 0.2) is 42.5 Å². The van der Waals surface area contributed by atoms with E-state index >= 15 is 0 Å². The van der Waals surface area contributed by atoms with E-state index in [0.29, 0.717) is 17.5 Å². The van der Waals surface area contributed by atoms with Crippen molar-refractivity contribution in [2.45, 2.75) is 51.7 Å². The first-order valence-electron chi connectivity index (χ1n) is 12.1. The molecule has 2 aromatic carbocycles. The topological polar surface area (TPSA) is 71.4 Å². The van der Waals surface area contributed by atoms with Crippen LogP contribution in [0.1, 0.15) is 50.8 Å². The number of nitrogens with one attached hydrogen (secondary N) is 2. The van der Waals surface area contributed by atoms with E-state index < -0.39 is 0 Å². The van der Waals surface area contributed by atoms with Gasteiger partial charge in [0.05, 0.1) is 17.7 Å². The summed E-state index contributed by atoms with van der Waals surface area (Å²) in [6, 6.07) is 17.3. The predicted octanol–water partition coefficient (Wildman–Crippen LogP) is 4.29. The number of carbonyl (C=O) groups excluding carboxylic acids is 1. The van der Waals surface area contributed by atoms with Gasteiger partial charge in [-0.1, -0.05) is 6.92 Å². The molecule has 0 radical (unpaired) electrons. The van der Waals surface area contributed by atoms with Crippen LogP contribution < -0.4 is 20.4 Å². The molecule has 2 aromatic rings. The minimum Gasteiger partial charge on any atom is -0.378 e. The zero-order valence-electron chi connectivity index (χ0n) is 19.7. The van der Waals surface area contributed by atoms with Crippen LogP contribution in [-0.2, 0) is 4.79 Å². The first kappa shape index (κ1) is 21.8. The molecule has 2 N–H and O–H groups in total. The maximum atomic E-state index is 12.9. The molecule has 2 heterocycles. The fraction of sp³-hybridized carbons (Fsp3) is 0.481. The summed E-state index contributed by atoms with van der Waals surface area (Å²) in [6.07, 6.45) is 2.38. The second-order valence-electron chi connectivity index (χ2n) is 9.93. The van der Waals surface area contributed by atoms with E-state index in [0.717, 1.165) is 31.0 Å².